The molecular formula is C10H14ClNO3S. The number of rotatable bonds is 5. The molecule has 16 heavy (non-hydrogen) atoms. The molecule has 0 bridgehead atoms. The molecule has 1 rings (SSSR count). The van der Waals surface area contributed by atoms with Crippen molar-refractivity contribution in [1.82, 2.24) is 4.31 Å². The van der Waals surface area contributed by atoms with Gasteiger partial charge < -0.3 is 4.74 Å². The van der Waals surface area contributed by atoms with Crippen LogP contribution in [0.3, 0.4) is 0 Å². The van der Waals surface area contributed by atoms with Crippen LogP contribution >= 0.6 is 11.6 Å². The molecule has 0 aromatic heterocycles. The number of alkyl halides is 1. The zero-order valence-corrected chi connectivity index (χ0v) is 10.8. The third-order valence-corrected chi connectivity index (χ3v) is 4.21. The minimum atomic E-state index is -3.43. The smallest absolute Gasteiger partial charge is 0.242 e. The van der Waals surface area contributed by atoms with E-state index in [1.165, 1.54) is 30.6 Å². The van der Waals surface area contributed by atoms with E-state index in [-0.39, 0.29) is 17.3 Å². The number of ether oxygens (including phenoxy) is 1. The molecule has 1 aromatic rings. The van der Waals surface area contributed by atoms with Gasteiger partial charge in [-0.3, -0.25) is 0 Å². The van der Waals surface area contributed by atoms with E-state index in [0.717, 1.165) is 0 Å². The first-order valence-corrected chi connectivity index (χ1v) is 6.66. The Morgan fingerprint density at radius 3 is 2.31 bits per heavy atom. The number of methoxy groups -OCH3 is 1. The number of nitrogens with zero attached hydrogens (tertiary/aromatic N) is 1. The van der Waals surface area contributed by atoms with E-state index < -0.39 is 10.0 Å². The normalized spacial score (nSPS) is 11.8. The summed E-state index contributed by atoms with van der Waals surface area (Å²) >= 11 is 5.51. The molecule has 0 saturated carbocycles. The maximum Gasteiger partial charge on any atom is 0.242 e. The summed E-state index contributed by atoms with van der Waals surface area (Å²) in [6, 6.07) is 6.25. The van der Waals surface area contributed by atoms with Gasteiger partial charge in [-0.15, -0.1) is 11.6 Å². The summed E-state index contributed by atoms with van der Waals surface area (Å²) in [6.07, 6.45) is 0. The minimum absolute atomic E-state index is 0.237. The van der Waals surface area contributed by atoms with Crippen LogP contribution in [0.5, 0.6) is 5.75 Å². The van der Waals surface area contributed by atoms with E-state index >= 15 is 0 Å². The van der Waals surface area contributed by atoms with Crippen molar-refractivity contribution in [2.45, 2.75) is 4.90 Å². The summed E-state index contributed by atoms with van der Waals surface area (Å²) < 4.78 is 30.1. The summed E-state index contributed by atoms with van der Waals surface area (Å²) in [5, 5.41) is 0. The average molecular weight is 264 g/mol. The van der Waals surface area contributed by atoms with Crippen molar-refractivity contribution in [3.05, 3.63) is 24.3 Å². The number of halogens is 1. The summed E-state index contributed by atoms with van der Waals surface area (Å²) in [5.41, 5.74) is 0. The molecule has 4 nitrogen and oxygen atoms in total. The zero-order valence-electron chi connectivity index (χ0n) is 9.18. The molecule has 0 atom stereocenters. The first-order chi connectivity index (χ1) is 7.52. The standard InChI is InChI=1S/C10H14ClNO3S/c1-12(8-7-11)16(13,14)10-5-3-9(15-2)4-6-10/h3-6H,7-8H2,1-2H3. The molecule has 0 heterocycles. The SMILES string of the molecule is COc1ccc(S(=O)(=O)N(C)CCCl)cc1. The summed E-state index contributed by atoms with van der Waals surface area (Å²) in [6.45, 7) is 0.288. The molecule has 0 amide bonds. The molecule has 0 radical (unpaired) electrons. The van der Waals surface area contributed by atoms with Crippen LogP contribution in [0, 0.1) is 0 Å². The molecule has 0 fully saturated rings. The van der Waals surface area contributed by atoms with Gasteiger partial charge >= 0.3 is 0 Å². The first-order valence-electron chi connectivity index (χ1n) is 4.68. The monoisotopic (exact) mass is 263 g/mol. The lowest BCUT2D eigenvalue weighted by atomic mass is 10.3. The van der Waals surface area contributed by atoms with Crippen LogP contribution in [0.2, 0.25) is 0 Å². The molecule has 90 valence electrons. The van der Waals surface area contributed by atoms with Crippen molar-refractivity contribution in [3.63, 3.8) is 0 Å². The van der Waals surface area contributed by atoms with E-state index in [0.29, 0.717) is 5.75 Å². The van der Waals surface area contributed by atoms with Crippen molar-refractivity contribution < 1.29 is 13.2 Å². The largest absolute Gasteiger partial charge is 0.497 e. The van der Waals surface area contributed by atoms with E-state index in [1.54, 1.807) is 12.1 Å². The lowest BCUT2D eigenvalue weighted by molar-refractivity contribution is 0.414. The highest BCUT2D eigenvalue weighted by atomic mass is 35.5. The maximum absolute atomic E-state index is 11.9. The van der Waals surface area contributed by atoms with Gasteiger partial charge in [-0.05, 0) is 24.3 Å². The van der Waals surface area contributed by atoms with Gasteiger partial charge in [0.2, 0.25) is 10.0 Å². The van der Waals surface area contributed by atoms with E-state index in [2.05, 4.69) is 0 Å². The molecule has 0 aliphatic rings. The molecule has 0 N–H and O–H groups in total. The molecular weight excluding hydrogens is 250 g/mol. The molecule has 0 saturated heterocycles. The Hall–Kier alpha value is -0.780. The maximum atomic E-state index is 11.9. The number of hydrogen-bond acceptors (Lipinski definition) is 3. The predicted octanol–water partition coefficient (Wildman–Crippen LogP) is 1.55. The fourth-order valence-corrected chi connectivity index (χ4v) is 2.69. The van der Waals surface area contributed by atoms with Crippen LogP contribution < -0.4 is 4.74 Å². The lowest BCUT2D eigenvalue weighted by Gasteiger charge is -2.15. The summed E-state index contributed by atoms with van der Waals surface area (Å²) in [4.78, 5) is 0.237. The van der Waals surface area contributed by atoms with Crippen LogP contribution in [-0.4, -0.2) is 39.3 Å². The molecule has 6 heteroatoms. The van der Waals surface area contributed by atoms with Gasteiger partial charge in [0.05, 0.1) is 12.0 Å². The van der Waals surface area contributed by atoms with Gasteiger partial charge in [0.1, 0.15) is 5.75 Å². The van der Waals surface area contributed by atoms with E-state index in [4.69, 9.17) is 16.3 Å². The number of sulfonamides is 1. The second-order valence-electron chi connectivity index (χ2n) is 3.19. The quantitative estimate of drug-likeness (QED) is 0.758. The van der Waals surface area contributed by atoms with Gasteiger partial charge in [-0.2, -0.15) is 4.31 Å². The fourth-order valence-electron chi connectivity index (χ4n) is 1.17. The third kappa shape index (κ3) is 2.87. The molecule has 0 aliphatic carbocycles. The highest BCUT2D eigenvalue weighted by molar-refractivity contribution is 7.89. The van der Waals surface area contributed by atoms with Gasteiger partial charge in [0.15, 0.2) is 0 Å². The zero-order chi connectivity index (χ0) is 12.2. The van der Waals surface area contributed by atoms with E-state index in [9.17, 15) is 8.42 Å². The van der Waals surface area contributed by atoms with Crippen LogP contribution in [0.25, 0.3) is 0 Å². The molecule has 0 spiro atoms. The second-order valence-corrected chi connectivity index (χ2v) is 5.61. The number of hydrogen-bond donors (Lipinski definition) is 0. The molecule has 0 unspecified atom stereocenters. The Morgan fingerprint density at radius 2 is 1.88 bits per heavy atom. The Labute approximate surface area is 101 Å². The van der Waals surface area contributed by atoms with Crippen molar-refractivity contribution in [3.8, 4) is 5.75 Å². The van der Waals surface area contributed by atoms with Gasteiger partial charge in [-0.1, -0.05) is 0 Å². The Bertz CT molecular complexity index is 430. The van der Waals surface area contributed by atoms with Crippen molar-refractivity contribution >= 4 is 21.6 Å². The second kappa shape index (κ2) is 5.52. The molecule has 0 aliphatic heterocycles. The third-order valence-electron chi connectivity index (χ3n) is 2.17. The van der Waals surface area contributed by atoms with Crippen LogP contribution in [0.1, 0.15) is 0 Å². The van der Waals surface area contributed by atoms with Gasteiger partial charge in [0.25, 0.3) is 0 Å². The fraction of sp³-hybridized carbons (Fsp3) is 0.400. The molecule has 1 aromatic carbocycles. The number of benzene rings is 1. The van der Waals surface area contributed by atoms with Crippen LogP contribution in [0.15, 0.2) is 29.2 Å². The topological polar surface area (TPSA) is 46.6 Å². The van der Waals surface area contributed by atoms with Crippen molar-refractivity contribution in [1.29, 1.82) is 0 Å². The average Bonchev–Trinajstić information content (AvgIpc) is 2.29. The predicted molar refractivity (Wildman–Crippen MR) is 63.5 cm³/mol. The minimum Gasteiger partial charge on any atom is -0.497 e. The Kier molecular flexibility index (Phi) is 4.58. The lowest BCUT2D eigenvalue weighted by Crippen LogP contribution is -2.28. The van der Waals surface area contributed by atoms with Crippen LogP contribution in [0.4, 0.5) is 0 Å². The summed E-state index contributed by atoms with van der Waals surface area (Å²) in [7, 11) is -0.400. The van der Waals surface area contributed by atoms with E-state index in [1.807, 2.05) is 0 Å². The Morgan fingerprint density at radius 1 is 1.31 bits per heavy atom. The highest BCUT2D eigenvalue weighted by Gasteiger charge is 2.19. The first kappa shape index (κ1) is 13.3. The van der Waals surface area contributed by atoms with Crippen molar-refractivity contribution in [2.24, 2.45) is 0 Å². The van der Waals surface area contributed by atoms with Crippen LogP contribution in [-0.2, 0) is 10.0 Å². The van der Waals surface area contributed by atoms with Gasteiger partial charge in [-0.25, -0.2) is 8.42 Å². The van der Waals surface area contributed by atoms with Crippen molar-refractivity contribution in [2.75, 3.05) is 26.6 Å². The summed E-state index contributed by atoms with van der Waals surface area (Å²) in [5.74, 6) is 0.894. The Balaban J connectivity index is 2.98. The highest BCUT2D eigenvalue weighted by Crippen LogP contribution is 2.18. The van der Waals surface area contributed by atoms with Gasteiger partial charge in [0, 0.05) is 19.5 Å².